The van der Waals surface area contributed by atoms with Crippen molar-refractivity contribution < 1.29 is 31.3 Å². The van der Waals surface area contributed by atoms with Crippen LogP contribution in [-0.4, -0.2) is 35.8 Å². The highest BCUT2D eigenvalue weighted by Crippen LogP contribution is 2.21. The van der Waals surface area contributed by atoms with E-state index in [1.807, 2.05) is 0 Å². The summed E-state index contributed by atoms with van der Waals surface area (Å²) in [7, 11) is -5.61. The van der Waals surface area contributed by atoms with Gasteiger partial charge < -0.3 is 4.74 Å². The topological polar surface area (TPSA) is 93.6 Å². The Kier molecular flexibility index (Phi) is 3.73. The lowest BCUT2D eigenvalue weighted by Gasteiger charge is -2.12. The summed E-state index contributed by atoms with van der Waals surface area (Å²) in [6.07, 6.45) is 2.41. The summed E-state index contributed by atoms with van der Waals surface area (Å²) in [4.78, 5) is 14.7. The molecule has 0 saturated carbocycles. The first-order valence-electron chi connectivity index (χ1n) is 4.16. The molecule has 1 N–H and O–H groups in total. The van der Waals surface area contributed by atoms with Crippen LogP contribution >= 0.6 is 0 Å². The Balaban J connectivity index is 2.67. The largest absolute Gasteiger partial charge is 0.454 e. The predicted octanol–water partition coefficient (Wildman–Crippen LogP) is 0.719. The van der Waals surface area contributed by atoms with Gasteiger partial charge in [-0.1, -0.05) is 0 Å². The maximum absolute atomic E-state index is 12.7. The highest BCUT2D eigenvalue weighted by molar-refractivity contribution is 7.86. The third kappa shape index (κ3) is 3.43. The van der Waals surface area contributed by atoms with Crippen LogP contribution in [0.25, 0.3) is 0 Å². The van der Waals surface area contributed by atoms with Gasteiger partial charge in [0.15, 0.2) is 6.61 Å². The van der Waals surface area contributed by atoms with Gasteiger partial charge in [-0.2, -0.15) is 17.2 Å². The molecule has 17 heavy (non-hydrogen) atoms. The van der Waals surface area contributed by atoms with Crippen LogP contribution in [0.5, 0.6) is 0 Å². The summed E-state index contributed by atoms with van der Waals surface area (Å²) in [6.45, 7) is -1.76. The van der Waals surface area contributed by atoms with Gasteiger partial charge in [-0.05, 0) is 12.1 Å². The Bertz CT molecular complexity index is 502. The molecular weight excluding hydrogens is 260 g/mol. The van der Waals surface area contributed by atoms with Crippen LogP contribution in [0.4, 0.5) is 8.78 Å². The quantitative estimate of drug-likeness (QED) is 0.638. The molecule has 0 aliphatic rings. The molecule has 0 aliphatic carbocycles. The third-order valence-electron chi connectivity index (χ3n) is 1.65. The lowest BCUT2D eigenvalue weighted by atomic mass is 10.3. The number of alkyl halides is 2. The lowest BCUT2D eigenvalue weighted by molar-refractivity contribution is -0.00953. The van der Waals surface area contributed by atoms with E-state index < -0.39 is 27.9 Å². The molecule has 1 rings (SSSR count). The number of carbonyl (C=O) groups is 1. The van der Waals surface area contributed by atoms with Gasteiger partial charge in [0.2, 0.25) is 0 Å². The second kappa shape index (κ2) is 4.72. The van der Waals surface area contributed by atoms with Gasteiger partial charge in [0, 0.05) is 12.4 Å². The molecule has 0 amide bonds. The van der Waals surface area contributed by atoms with Crippen LogP contribution in [0.3, 0.4) is 0 Å². The fourth-order valence-corrected chi connectivity index (χ4v) is 0.999. The molecule has 0 radical (unpaired) electrons. The molecule has 0 saturated heterocycles. The number of hydrogen-bond donors (Lipinski definition) is 1. The Morgan fingerprint density at radius 1 is 1.53 bits per heavy atom. The smallest absolute Gasteiger partial charge is 0.402 e. The van der Waals surface area contributed by atoms with Gasteiger partial charge in [-0.25, -0.2) is 4.79 Å². The minimum absolute atomic E-state index is 0.112. The van der Waals surface area contributed by atoms with Crippen molar-refractivity contribution in [2.24, 2.45) is 0 Å². The summed E-state index contributed by atoms with van der Waals surface area (Å²) in [5.41, 5.74) is -0.112. The summed E-state index contributed by atoms with van der Waals surface area (Å²) in [6, 6.07) is 2.62. The summed E-state index contributed by atoms with van der Waals surface area (Å²) in [5.74, 6) is -1.17. The Morgan fingerprint density at radius 3 is 2.65 bits per heavy atom. The zero-order valence-corrected chi connectivity index (χ0v) is 9.02. The molecule has 9 heteroatoms. The predicted molar refractivity (Wildman–Crippen MR) is 51.0 cm³/mol. The van der Waals surface area contributed by atoms with Crippen molar-refractivity contribution in [2.75, 3.05) is 6.61 Å². The second-order valence-corrected chi connectivity index (χ2v) is 4.48. The van der Waals surface area contributed by atoms with E-state index in [0.717, 1.165) is 6.20 Å². The average Bonchev–Trinajstić information content (AvgIpc) is 2.25. The molecule has 0 fully saturated rings. The molecular formula is C8H7F2NO5S. The molecule has 1 heterocycles. The van der Waals surface area contributed by atoms with Gasteiger partial charge in [0.05, 0.1) is 5.56 Å². The third-order valence-corrected chi connectivity index (χ3v) is 2.52. The number of carbonyl (C=O) groups excluding carboxylic acids is 1. The molecule has 0 unspecified atom stereocenters. The number of hydrogen-bond acceptors (Lipinski definition) is 5. The Morgan fingerprint density at radius 2 is 2.18 bits per heavy atom. The zero-order valence-electron chi connectivity index (χ0n) is 8.21. The van der Waals surface area contributed by atoms with Gasteiger partial charge in [-0.3, -0.25) is 9.54 Å². The van der Waals surface area contributed by atoms with Crippen molar-refractivity contribution in [1.29, 1.82) is 0 Å². The fraction of sp³-hybridized carbons (Fsp3) is 0.250. The van der Waals surface area contributed by atoms with E-state index in [4.69, 9.17) is 4.55 Å². The first-order valence-corrected chi connectivity index (χ1v) is 5.60. The molecule has 0 atom stereocenters. The molecule has 6 nitrogen and oxygen atoms in total. The first kappa shape index (κ1) is 13.5. The number of esters is 1. The van der Waals surface area contributed by atoms with E-state index >= 15 is 0 Å². The van der Waals surface area contributed by atoms with Crippen LogP contribution in [-0.2, 0) is 14.9 Å². The van der Waals surface area contributed by atoms with Crippen LogP contribution in [0.15, 0.2) is 24.5 Å². The fourth-order valence-electron chi connectivity index (χ4n) is 0.791. The van der Waals surface area contributed by atoms with Crippen LogP contribution < -0.4 is 0 Å². The average molecular weight is 267 g/mol. The SMILES string of the molecule is O=C(OCC(F)(F)S(=O)(=O)O)c1cccnc1. The van der Waals surface area contributed by atoms with Crippen LogP contribution in [0, 0.1) is 0 Å². The van der Waals surface area contributed by atoms with Gasteiger partial charge in [0.25, 0.3) is 0 Å². The number of rotatable bonds is 4. The van der Waals surface area contributed by atoms with Crippen molar-refractivity contribution in [3.05, 3.63) is 30.1 Å². The normalized spacial score (nSPS) is 12.2. The monoisotopic (exact) mass is 267 g/mol. The molecule has 94 valence electrons. The Hall–Kier alpha value is -1.61. The van der Waals surface area contributed by atoms with E-state index in [-0.39, 0.29) is 5.56 Å². The van der Waals surface area contributed by atoms with Crippen molar-refractivity contribution in [3.63, 3.8) is 0 Å². The number of ether oxygens (including phenoxy) is 1. The van der Waals surface area contributed by atoms with Crippen LogP contribution in [0.2, 0.25) is 0 Å². The van der Waals surface area contributed by atoms with Gasteiger partial charge in [-0.15, -0.1) is 0 Å². The molecule has 0 aromatic carbocycles. The summed E-state index contributed by atoms with van der Waals surface area (Å²) >= 11 is 0. The standard InChI is InChI=1S/C8H7F2NO5S/c9-8(10,17(13,14)15)5-16-7(12)6-2-1-3-11-4-6/h1-4H,5H2,(H,13,14,15). The van der Waals surface area contributed by atoms with E-state index in [0.29, 0.717) is 0 Å². The molecule has 1 aromatic rings. The molecule has 0 aliphatic heterocycles. The highest BCUT2D eigenvalue weighted by Gasteiger charge is 2.45. The van der Waals surface area contributed by atoms with Crippen molar-refractivity contribution >= 4 is 16.1 Å². The van der Waals surface area contributed by atoms with E-state index in [2.05, 4.69) is 9.72 Å². The van der Waals surface area contributed by atoms with Crippen molar-refractivity contribution in [2.45, 2.75) is 5.25 Å². The van der Waals surface area contributed by atoms with Crippen molar-refractivity contribution in [3.8, 4) is 0 Å². The maximum atomic E-state index is 12.7. The molecule has 0 spiro atoms. The van der Waals surface area contributed by atoms with Crippen LogP contribution in [0.1, 0.15) is 10.4 Å². The Labute approximate surface area is 95.0 Å². The minimum atomic E-state index is -5.61. The maximum Gasteiger partial charge on any atom is 0.402 e. The summed E-state index contributed by atoms with van der Waals surface area (Å²) in [5, 5.41) is -4.54. The molecule has 1 aromatic heterocycles. The number of aromatic nitrogens is 1. The lowest BCUT2D eigenvalue weighted by Crippen LogP contribution is -2.34. The number of nitrogens with zero attached hydrogens (tertiary/aromatic N) is 1. The molecule has 0 bridgehead atoms. The summed E-state index contributed by atoms with van der Waals surface area (Å²) < 4.78 is 58.0. The second-order valence-electron chi connectivity index (χ2n) is 2.93. The van der Waals surface area contributed by atoms with E-state index in [9.17, 15) is 22.0 Å². The highest BCUT2D eigenvalue weighted by atomic mass is 32.2. The van der Waals surface area contributed by atoms with Gasteiger partial charge >= 0.3 is 21.3 Å². The van der Waals surface area contributed by atoms with Crippen molar-refractivity contribution in [1.82, 2.24) is 4.98 Å². The first-order chi connectivity index (χ1) is 7.74. The van der Waals surface area contributed by atoms with Gasteiger partial charge in [0.1, 0.15) is 0 Å². The van der Waals surface area contributed by atoms with E-state index in [1.165, 1.54) is 18.3 Å². The number of pyridine rings is 1. The number of halogens is 2. The minimum Gasteiger partial charge on any atom is -0.454 e. The zero-order chi connectivity index (χ0) is 13.1. The van der Waals surface area contributed by atoms with E-state index in [1.54, 1.807) is 0 Å².